The normalized spacial score (nSPS) is 19.1. The molecule has 3 heterocycles. The molecule has 2 saturated heterocycles. The number of benzene rings is 2. The minimum atomic E-state index is -0.0541. The summed E-state index contributed by atoms with van der Waals surface area (Å²) in [5.74, 6) is 1.07. The molecule has 0 saturated carbocycles. The number of amides is 1. The zero-order valence-electron chi connectivity index (χ0n) is 20.3. The van der Waals surface area contributed by atoms with Gasteiger partial charge in [-0.15, -0.1) is 11.8 Å². The van der Waals surface area contributed by atoms with Crippen LogP contribution in [-0.2, 0) is 9.53 Å². The van der Waals surface area contributed by atoms with Crippen LogP contribution in [0.4, 0.5) is 0 Å². The van der Waals surface area contributed by atoms with Crippen molar-refractivity contribution in [2.75, 3.05) is 18.9 Å². The molecule has 0 bridgehead atoms. The van der Waals surface area contributed by atoms with Gasteiger partial charge in [0.05, 0.1) is 28.9 Å². The van der Waals surface area contributed by atoms with Crippen molar-refractivity contribution in [3.05, 3.63) is 71.3 Å². The maximum Gasteiger partial charge on any atom is 0.266 e. The number of thiocarbonyl (C=S) groups is 1. The van der Waals surface area contributed by atoms with Crippen LogP contribution in [0.15, 0.2) is 70.6 Å². The number of nitrogens with zero attached hydrogens (tertiary/aromatic N) is 3. The summed E-state index contributed by atoms with van der Waals surface area (Å²) in [6, 6.07) is 18.6. The molecule has 1 aromatic heterocycles. The third kappa shape index (κ3) is 5.78. The third-order valence-electron chi connectivity index (χ3n) is 6.23. The molecule has 0 aliphatic carbocycles. The highest BCUT2D eigenvalue weighted by Gasteiger charge is 2.35. The van der Waals surface area contributed by atoms with Gasteiger partial charge in [0.25, 0.3) is 5.91 Å². The van der Waals surface area contributed by atoms with Crippen molar-refractivity contribution >= 4 is 52.0 Å². The zero-order valence-corrected chi connectivity index (χ0v) is 22.7. The van der Waals surface area contributed by atoms with Crippen LogP contribution in [0.25, 0.3) is 23.0 Å². The molecule has 2 aliphatic rings. The average molecular weight is 536 g/mol. The fourth-order valence-corrected chi connectivity index (χ4v) is 6.53. The Labute approximate surface area is 226 Å². The van der Waals surface area contributed by atoms with E-state index in [1.807, 2.05) is 59.0 Å². The number of hydrogen-bond donors (Lipinski definition) is 0. The van der Waals surface area contributed by atoms with Gasteiger partial charge in [-0.25, -0.2) is 4.68 Å². The number of rotatable bonds is 9. The van der Waals surface area contributed by atoms with Crippen molar-refractivity contribution < 1.29 is 9.53 Å². The van der Waals surface area contributed by atoms with E-state index in [9.17, 15) is 4.79 Å². The van der Waals surface area contributed by atoms with Gasteiger partial charge in [0.2, 0.25) is 0 Å². The second kappa shape index (κ2) is 11.8. The molecule has 1 atom stereocenters. The molecule has 0 unspecified atom stereocenters. The lowest BCUT2D eigenvalue weighted by molar-refractivity contribution is -0.123. The Morgan fingerprint density at radius 1 is 1.19 bits per heavy atom. The van der Waals surface area contributed by atoms with Crippen LogP contribution >= 0.6 is 35.7 Å². The van der Waals surface area contributed by atoms with Gasteiger partial charge >= 0.3 is 0 Å². The predicted molar refractivity (Wildman–Crippen MR) is 153 cm³/mol. The van der Waals surface area contributed by atoms with Crippen molar-refractivity contribution in [1.82, 2.24) is 14.7 Å². The smallest absolute Gasteiger partial charge is 0.266 e. The lowest BCUT2D eigenvalue weighted by Crippen LogP contribution is -2.35. The molecule has 1 amide bonds. The number of aromatic nitrogens is 2. The summed E-state index contributed by atoms with van der Waals surface area (Å²) in [6.07, 6.45) is 8.40. The lowest BCUT2D eigenvalue weighted by Gasteiger charge is -2.18. The van der Waals surface area contributed by atoms with E-state index in [1.54, 1.807) is 4.90 Å². The lowest BCUT2D eigenvalue weighted by atomic mass is 10.1. The van der Waals surface area contributed by atoms with Gasteiger partial charge in [0.1, 0.15) is 4.32 Å². The Balaban J connectivity index is 1.45. The first-order chi connectivity index (χ1) is 17.6. The summed E-state index contributed by atoms with van der Waals surface area (Å²) in [4.78, 5) is 16.8. The summed E-state index contributed by atoms with van der Waals surface area (Å²) in [5.41, 5.74) is 3.72. The molecule has 5 rings (SSSR count). The van der Waals surface area contributed by atoms with E-state index in [0.29, 0.717) is 15.8 Å². The van der Waals surface area contributed by atoms with Gasteiger partial charge in [-0.05, 0) is 55.4 Å². The van der Waals surface area contributed by atoms with Crippen molar-refractivity contribution in [2.45, 2.75) is 43.6 Å². The molecule has 2 aliphatic heterocycles. The topological polar surface area (TPSA) is 47.4 Å². The second-order valence-corrected chi connectivity index (χ2v) is 11.7. The Morgan fingerprint density at radius 2 is 2.00 bits per heavy atom. The van der Waals surface area contributed by atoms with E-state index in [2.05, 4.69) is 31.2 Å². The van der Waals surface area contributed by atoms with Gasteiger partial charge in [-0.2, -0.15) is 5.10 Å². The van der Waals surface area contributed by atoms with Crippen LogP contribution in [-0.4, -0.2) is 49.9 Å². The molecule has 0 spiro atoms. The van der Waals surface area contributed by atoms with E-state index in [1.165, 1.54) is 29.5 Å². The summed E-state index contributed by atoms with van der Waals surface area (Å²) < 4.78 is 8.20. The van der Waals surface area contributed by atoms with Crippen molar-refractivity contribution in [1.29, 1.82) is 0 Å². The maximum atomic E-state index is 13.3. The number of ether oxygens (including phenoxy) is 1. The quantitative estimate of drug-likeness (QED) is 0.130. The third-order valence-corrected chi connectivity index (χ3v) is 8.70. The molecule has 2 fully saturated rings. The molecule has 0 N–H and O–H groups in total. The Kier molecular flexibility index (Phi) is 8.26. The number of carbonyl (C=O) groups is 1. The highest BCUT2D eigenvalue weighted by molar-refractivity contribution is 8.26. The molecule has 0 radical (unpaired) electrons. The van der Waals surface area contributed by atoms with Gasteiger partial charge in [0.15, 0.2) is 0 Å². The molecule has 36 heavy (non-hydrogen) atoms. The van der Waals surface area contributed by atoms with Crippen molar-refractivity contribution in [3.8, 4) is 16.9 Å². The van der Waals surface area contributed by atoms with E-state index in [4.69, 9.17) is 22.1 Å². The summed E-state index contributed by atoms with van der Waals surface area (Å²) in [6.45, 7) is 3.49. The van der Waals surface area contributed by atoms with Crippen LogP contribution in [0.2, 0.25) is 0 Å². The Morgan fingerprint density at radius 3 is 2.72 bits per heavy atom. The molecule has 186 valence electrons. The van der Waals surface area contributed by atoms with E-state index >= 15 is 0 Å². The van der Waals surface area contributed by atoms with Crippen LogP contribution in [0.5, 0.6) is 0 Å². The zero-order chi connectivity index (χ0) is 24.9. The van der Waals surface area contributed by atoms with E-state index < -0.39 is 0 Å². The van der Waals surface area contributed by atoms with Crippen LogP contribution in [0, 0.1) is 0 Å². The number of carbonyl (C=O) groups excluding carboxylic acids is 1. The van der Waals surface area contributed by atoms with Gasteiger partial charge in [0, 0.05) is 28.8 Å². The van der Waals surface area contributed by atoms with Gasteiger partial charge in [-0.3, -0.25) is 9.69 Å². The first-order valence-corrected chi connectivity index (χ1v) is 14.6. The summed E-state index contributed by atoms with van der Waals surface area (Å²) in [5, 5.41) is 4.92. The van der Waals surface area contributed by atoms with Gasteiger partial charge in [-0.1, -0.05) is 67.7 Å². The molecule has 8 heteroatoms. The second-order valence-electron chi connectivity index (χ2n) is 8.87. The largest absolute Gasteiger partial charge is 0.376 e. The fourth-order valence-electron chi connectivity index (χ4n) is 4.26. The summed E-state index contributed by atoms with van der Waals surface area (Å²) >= 11 is 8.79. The SMILES string of the molecule is CCCCSc1ccc(-c2nn(-c3ccccc3)cc2/C=C2\SC(=S)N(C[C@H]3CCCO3)C2=O)cc1. The van der Waals surface area contributed by atoms with Crippen LogP contribution in [0.1, 0.15) is 38.2 Å². The standard InChI is InChI=1S/C28H29N3O2S3/c1-2-3-16-35-24-13-11-20(12-14-24)26-21(18-31(29-26)22-8-5-4-6-9-22)17-25-27(32)30(28(34)36-25)19-23-10-7-15-33-23/h4-6,8-9,11-14,17-18,23H,2-3,7,10,15-16,19H2,1H3/b25-17-/t23-/m1/s1. The highest BCUT2D eigenvalue weighted by Crippen LogP contribution is 2.36. The Hall–Kier alpha value is -2.39. The first-order valence-electron chi connectivity index (χ1n) is 12.4. The summed E-state index contributed by atoms with van der Waals surface area (Å²) in [7, 11) is 0. The van der Waals surface area contributed by atoms with Gasteiger partial charge < -0.3 is 4.74 Å². The monoisotopic (exact) mass is 535 g/mol. The molecule has 3 aromatic rings. The predicted octanol–water partition coefficient (Wildman–Crippen LogP) is 6.81. The molecule has 5 nitrogen and oxygen atoms in total. The number of hydrogen-bond acceptors (Lipinski definition) is 6. The van der Waals surface area contributed by atoms with Crippen LogP contribution < -0.4 is 0 Å². The van der Waals surface area contributed by atoms with E-state index in [0.717, 1.165) is 47.7 Å². The van der Waals surface area contributed by atoms with Crippen molar-refractivity contribution in [2.24, 2.45) is 0 Å². The average Bonchev–Trinajstić information content (AvgIpc) is 3.63. The van der Waals surface area contributed by atoms with Crippen LogP contribution in [0.3, 0.4) is 0 Å². The number of unbranched alkanes of at least 4 members (excludes halogenated alkanes) is 1. The van der Waals surface area contributed by atoms with E-state index in [-0.39, 0.29) is 12.0 Å². The highest BCUT2D eigenvalue weighted by atomic mass is 32.2. The number of thioether (sulfide) groups is 2. The minimum absolute atomic E-state index is 0.0541. The molecular weight excluding hydrogens is 507 g/mol. The molecule has 2 aromatic carbocycles. The Bertz CT molecular complexity index is 1250. The maximum absolute atomic E-state index is 13.3. The van der Waals surface area contributed by atoms with Crippen molar-refractivity contribution in [3.63, 3.8) is 0 Å². The molecular formula is C28H29N3O2S3. The minimum Gasteiger partial charge on any atom is -0.376 e. The fraction of sp³-hybridized carbons (Fsp3) is 0.321. The first kappa shape index (κ1) is 25.3. The number of para-hydroxylation sites is 1.